The Morgan fingerprint density at radius 2 is 1.50 bits per heavy atom. The van der Waals surface area contributed by atoms with Gasteiger partial charge in [0.05, 0.1) is 5.02 Å². The maximum atomic E-state index is 12.4. The highest BCUT2D eigenvalue weighted by Gasteiger charge is 2.16. The fourth-order valence-electron chi connectivity index (χ4n) is 2.71. The number of hydrogen-bond donors (Lipinski definition) is 3. The van der Waals surface area contributed by atoms with E-state index in [1.54, 1.807) is 67.6 Å². The number of thiocarbonyl (C=S) groups is 1. The van der Waals surface area contributed by atoms with Gasteiger partial charge in [-0.1, -0.05) is 41.4 Å². The number of ether oxygens (including phenoxy) is 1. The lowest BCUT2D eigenvalue weighted by atomic mass is 10.1. The molecule has 0 spiro atoms. The first-order chi connectivity index (χ1) is 15.3. The smallest absolute Gasteiger partial charge is 0.265 e. The number of aryl methyl sites for hydroxylation is 1. The SMILES string of the molecule is Cc1ccc(C(=O)NC(=S)Nc2ccc(NC(=O)C(C)Oc3ccccc3Cl)cc2)cc1. The van der Waals surface area contributed by atoms with Gasteiger partial charge in [-0.25, -0.2) is 0 Å². The maximum absolute atomic E-state index is 12.4. The van der Waals surface area contributed by atoms with Crippen molar-refractivity contribution in [2.45, 2.75) is 20.0 Å². The van der Waals surface area contributed by atoms with E-state index in [1.807, 2.05) is 19.1 Å². The van der Waals surface area contributed by atoms with Gasteiger partial charge in [-0.05, 0) is 74.6 Å². The molecule has 0 saturated heterocycles. The van der Waals surface area contributed by atoms with Crippen molar-refractivity contribution in [2.24, 2.45) is 0 Å². The van der Waals surface area contributed by atoms with Crippen LogP contribution in [0.2, 0.25) is 5.02 Å². The molecule has 6 nitrogen and oxygen atoms in total. The second-order valence-corrected chi connectivity index (χ2v) is 7.85. The normalized spacial score (nSPS) is 11.2. The van der Waals surface area contributed by atoms with Gasteiger partial charge in [0.1, 0.15) is 5.75 Å². The molecule has 1 atom stereocenters. The van der Waals surface area contributed by atoms with Crippen molar-refractivity contribution in [3.63, 3.8) is 0 Å². The minimum absolute atomic E-state index is 0.175. The standard InChI is InChI=1S/C24H22ClN3O3S/c1-15-7-9-17(10-8-15)23(30)28-24(32)27-19-13-11-18(12-14-19)26-22(29)16(2)31-21-6-4-3-5-20(21)25/h3-14,16H,1-2H3,(H,26,29)(H2,27,28,30,32). The minimum atomic E-state index is -0.739. The van der Waals surface area contributed by atoms with E-state index >= 15 is 0 Å². The number of hydrogen-bond acceptors (Lipinski definition) is 4. The van der Waals surface area contributed by atoms with Crippen LogP contribution in [-0.4, -0.2) is 23.0 Å². The molecule has 32 heavy (non-hydrogen) atoms. The zero-order chi connectivity index (χ0) is 23.1. The van der Waals surface area contributed by atoms with Crippen molar-refractivity contribution in [1.29, 1.82) is 0 Å². The van der Waals surface area contributed by atoms with Crippen molar-refractivity contribution in [3.05, 3.63) is 88.9 Å². The van der Waals surface area contributed by atoms with Crippen LogP contribution < -0.4 is 20.7 Å². The highest BCUT2D eigenvalue weighted by molar-refractivity contribution is 7.80. The van der Waals surface area contributed by atoms with Crippen molar-refractivity contribution < 1.29 is 14.3 Å². The van der Waals surface area contributed by atoms with Crippen LogP contribution in [0, 0.1) is 6.92 Å². The van der Waals surface area contributed by atoms with Gasteiger partial charge in [-0.3, -0.25) is 14.9 Å². The monoisotopic (exact) mass is 467 g/mol. The molecule has 0 radical (unpaired) electrons. The van der Waals surface area contributed by atoms with Crippen LogP contribution in [0.3, 0.4) is 0 Å². The van der Waals surface area contributed by atoms with Gasteiger partial charge in [-0.15, -0.1) is 0 Å². The van der Waals surface area contributed by atoms with Crippen LogP contribution in [0.25, 0.3) is 0 Å². The van der Waals surface area contributed by atoms with Crippen LogP contribution >= 0.6 is 23.8 Å². The molecule has 3 rings (SSSR count). The van der Waals surface area contributed by atoms with Gasteiger partial charge in [0.2, 0.25) is 0 Å². The average Bonchev–Trinajstić information content (AvgIpc) is 2.77. The van der Waals surface area contributed by atoms with E-state index in [1.165, 1.54) is 0 Å². The van der Waals surface area contributed by atoms with Gasteiger partial charge in [-0.2, -0.15) is 0 Å². The van der Waals surface area contributed by atoms with Crippen molar-refractivity contribution in [1.82, 2.24) is 5.32 Å². The molecule has 8 heteroatoms. The number of carbonyl (C=O) groups excluding carboxylic acids is 2. The zero-order valence-electron chi connectivity index (χ0n) is 17.5. The number of benzene rings is 3. The first-order valence-electron chi connectivity index (χ1n) is 9.83. The lowest BCUT2D eigenvalue weighted by Gasteiger charge is -2.16. The predicted octanol–water partition coefficient (Wildman–Crippen LogP) is 5.18. The van der Waals surface area contributed by atoms with Crippen molar-refractivity contribution in [3.8, 4) is 5.75 Å². The minimum Gasteiger partial charge on any atom is -0.479 e. The van der Waals surface area contributed by atoms with Gasteiger partial charge < -0.3 is 15.4 Å². The third kappa shape index (κ3) is 6.54. The Hall–Kier alpha value is -3.42. The molecule has 1 unspecified atom stereocenters. The molecule has 0 bridgehead atoms. The molecule has 3 aromatic carbocycles. The number of nitrogens with one attached hydrogen (secondary N) is 3. The number of anilines is 2. The van der Waals surface area contributed by atoms with Crippen LogP contribution in [0.5, 0.6) is 5.75 Å². The molecule has 2 amide bonds. The number of rotatable bonds is 6. The highest BCUT2D eigenvalue weighted by Crippen LogP contribution is 2.24. The Morgan fingerprint density at radius 1 is 0.906 bits per heavy atom. The van der Waals surface area contributed by atoms with E-state index < -0.39 is 6.10 Å². The molecule has 0 saturated carbocycles. The average molecular weight is 468 g/mol. The van der Waals surface area contributed by atoms with Crippen LogP contribution in [0.15, 0.2) is 72.8 Å². The maximum Gasteiger partial charge on any atom is 0.265 e. The number of carbonyl (C=O) groups is 2. The Kier molecular flexibility index (Phi) is 7.81. The van der Waals surface area contributed by atoms with E-state index in [0.717, 1.165) is 5.56 Å². The summed E-state index contributed by atoms with van der Waals surface area (Å²) in [6.45, 7) is 3.59. The van der Waals surface area contributed by atoms with E-state index in [9.17, 15) is 9.59 Å². The van der Waals surface area contributed by atoms with Gasteiger partial charge in [0, 0.05) is 16.9 Å². The fourth-order valence-corrected chi connectivity index (χ4v) is 3.10. The lowest BCUT2D eigenvalue weighted by Crippen LogP contribution is -2.34. The summed E-state index contributed by atoms with van der Waals surface area (Å²) in [7, 11) is 0. The van der Waals surface area contributed by atoms with E-state index in [2.05, 4.69) is 16.0 Å². The van der Waals surface area contributed by atoms with E-state index in [-0.39, 0.29) is 16.9 Å². The summed E-state index contributed by atoms with van der Waals surface area (Å²) in [5.74, 6) is -0.164. The van der Waals surface area contributed by atoms with E-state index in [0.29, 0.717) is 27.7 Å². The summed E-state index contributed by atoms with van der Waals surface area (Å²) >= 11 is 11.3. The molecule has 164 valence electrons. The summed E-state index contributed by atoms with van der Waals surface area (Å²) < 4.78 is 5.62. The third-order valence-electron chi connectivity index (χ3n) is 4.46. The van der Waals surface area contributed by atoms with Gasteiger partial charge in [0.15, 0.2) is 11.2 Å². The molecule has 3 N–H and O–H groups in total. The summed E-state index contributed by atoms with van der Waals surface area (Å²) in [6, 6.07) is 21.1. The number of amides is 2. The van der Waals surface area contributed by atoms with Gasteiger partial charge >= 0.3 is 0 Å². The van der Waals surface area contributed by atoms with E-state index in [4.69, 9.17) is 28.6 Å². The van der Waals surface area contributed by atoms with Crippen LogP contribution in [-0.2, 0) is 4.79 Å². The molecule has 0 heterocycles. The predicted molar refractivity (Wildman–Crippen MR) is 131 cm³/mol. The topological polar surface area (TPSA) is 79.5 Å². The first kappa shape index (κ1) is 23.2. The van der Waals surface area contributed by atoms with Gasteiger partial charge in [0.25, 0.3) is 11.8 Å². The Morgan fingerprint density at radius 3 is 2.12 bits per heavy atom. The Balaban J connectivity index is 1.51. The second-order valence-electron chi connectivity index (χ2n) is 7.03. The zero-order valence-corrected chi connectivity index (χ0v) is 19.1. The number of halogens is 1. The molecular formula is C24H22ClN3O3S. The lowest BCUT2D eigenvalue weighted by molar-refractivity contribution is -0.122. The molecule has 0 aromatic heterocycles. The molecule has 3 aromatic rings. The summed E-state index contributed by atoms with van der Waals surface area (Å²) in [6.07, 6.45) is -0.739. The summed E-state index contributed by atoms with van der Waals surface area (Å²) in [4.78, 5) is 24.6. The van der Waals surface area contributed by atoms with Crippen molar-refractivity contribution >= 4 is 52.1 Å². The van der Waals surface area contributed by atoms with Crippen LogP contribution in [0.1, 0.15) is 22.8 Å². The van der Waals surface area contributed by atoms with Crippen molar-refractivity contribution in [2.75, 3.05) is 10.6 Å². The first-order valence-corrected chi connectivity index (χ1v) is 10.6. The molecule has 0 aliphatic carbocycles. The quantitative estimate of drug-likeness (QED) is 0.435. The third-order valence-corrected chi connectivity index (χ3v) is 4.98. The molecule has 0 fully saturated rings. The summed E-state index contributed by atoms with van der Waals surface area (Å²) in [5.41, 5.74) is 2.84. The molecule has 0 aliphatic rings. The molecule has 0 aliphatic heterocycles. The highest BCUT2D eigenvalue weighted by atomic mass is 35.5. The largest absolute Gasteiger partial charge is 0.479 e. The fraction of sp³-hybridized carbons (Fsp3) is 0.125. The summed E-state index contributed by atoms with van der Waals surface area (Å²) in [5, 5.41) is 8.98. The number of para-hydroxylation sites is 1. The molecular weight excluding hydrogens is 446 g/mol. The van der Waals surface area contributed by atoms with Crippen LogP contribution in [0.4, 0.5) is 11.4 Å². The Bertz CT molecular complexity index is 1120. The Labute approximate surface area is 196 Å². The second kappa shape index (κ2) is 10.7.